The maximum Gasteiger partial charge on any atom is 0.125 e. The first-order chi connectivity index (χ1) is 14.7. The van der Waals surface area contributed by atoms with Crippen LogP contribution in [-0.2, 0) is 0 Å². The summed E-state index contributed by atoms with van der Waals surface area (Å²) in [4.78, 5) is 0. The van der Waals surface area contributed by atoms with Crippen LogP contribution in [0.1, 0.15) is 91.9 Å². The molecule has 0 aromatic heterocycles. The SMILES string of the molecule is C=C1/C(=C\C=C2/CCCC3(C)C([C@@H](C)C/C=C/C(O)(CC)CC)=CCC23)CCCC1F. The first-order valence-corrected chi connectivity index (χ1v) is 12.6. The molecule has 3 unspecified atom stereocenters. The number of hydrogen-bond acceptors (Lipinski definition) is 1. The smallest absolute Gasteiger partial charge is 0.125 e. The number of halogens is 1. The van der Waals surface area contributed by atoms with Crippen molar-refractivity contribution >= 4 is 0 Å². The molecule has 0 saturated heterocycles. The Kier molecular flexibility index (Phi) is 7.84. The quantitative estimate of drug-likeness (QED) is 0.407. The van der Waals surface area contributed by atoms with Crippen LogP contribution in [0.3, 0.4) is 0 Å². The first-order valence-electron chi connectivity index (χ1n) is 12.6. The molecule has 0 aromatic rings. The molecule has 0 spiro atoms. The molecule has 0 aliphatic heterocycles. The van der Waals surface area contributed by atoms with Gasteiger partial charge in [0, 0.05) is 0 Å². The van der Waals surface area contributed by atoms with Gasteiger partial charge < -0.3 is 5.11 Å². The predicted molar refractivity (Wildman–Crippen MR) is 131 cm³/mol. The summed E-state index contributed by atoms with van der Waals surface area (Å²) in [6, 6.07) is 0. The Morgan fingerprint density at radius 2 is 2.00 bits per heavy atom. The summed E-state index contributed by atoms with van der Waals surface area (Å²) in [5.74, 6) is 1.06. The third-order valence-electron chi connectivity index (χ3n) is 8.48. The number of fused-ring (bicyclic) bond motifs is 1. The summed E-state index contributed by atoms with van der Waals surface area (Å²) >= 11 is 0. The van der Waals surface area contributed by atoms with E-state index < -0.39 is 11.8 Å². The van der Waals surface area contributed by atoms with Crippen LogP contribution >= 0.6 is 0 Å². The van der Waals surface area contributed by atoms with Crippen molar-refractivity contribution < 1.29 is 9.50 Å². The lowest BCUT2D eigenvalue weighted by Crippen LogP contribution is -2.32. The van der Waals surface area contributed by atoms with Crippen molar-refractivity contribution in [2.24, 2.45) is 17.3 Å². The molecule has 0 heterocycles. The molecule has 31 heavy (non-hydrogen) atoms. The molecule has 172 valence electrons. The second-order valence-electron chi connectivity index (χ2n) is 10.4. The van der Waals surface area contributed by atoms with Gasteiger partial charge in [0.25, 0.3) is 0 Å². The molecule has 3 aliphatic rings. The molecule has 3 aliphatic carbocycles. The van der Waals surface area contributed by atoms with Gasteiger partial charge in [-0.05, 0) is 92.6 Å². The summed E-state index contributed by atoms with van der Waals surface area (Å²) in [5, 5.41) is 10.5. The molecular formula is C29H43FO. The second-order valence-corrected chi connectivity index (χ2v) is 10.4. The molecule has 2 heteroatoms. The van der Waals surface area contributed by atoms with Crippen molar-refractivity contribution in [1.29, 1.82) is 0 Å². The normalized spacial score (nSPS) is 33.2. The predicted octanol–water partition coefficient (Wildman–Crippen LogP) is 8.19. The Morgan fingerprint density at radius 3 is 2.71 bits per heavy atom. The highest BCUT2D eigenvalue weighted by Crippen LogP contribution is 2.57. The lowest BCUT2D eigenvalue weighted by molar-refractivity contribution is 0.0824. The van der Waals surface area contributed by atoms with Crippen molar-refractivity contribution in [2.45, 2.75) is 104 Å². The number of aliphatic hydroxyl groups is 1. The molecule has 0 bridgehead atoms. The maximum atomic E-state index is 14.0. The highest BCUT2D eigenvalue weighted by Gasteiger charge is 2.45. The zero-order chi connectivity index (χ0) is 22.6. The highest BCUT2D eigenvalue weighted by atomic mass is 19.1. The Labute approximate surface area is 189 Å². The highest BCUT2D eigenvalue weighted by molar-refractivity contribution is 5.39. The molecule has 4 atom stereocenters. The summed E-state index contributed by atoms with van der Waals surface area (Å²) < 4.78 is 14.0. The van der Waals surface area contributed by atoms with Gasteiger partial charge in [0.2, 0.25) is 0 Å². The standard InChI is InChI=1S/C29H43FO/c1-6-29(31,7-2)20-9-11-21(3)25-17-18-26-24(13-10-19-28(25,26)5)16-15-23-12-8-14-27(30)22(23)4/h9,15-17,20-21,26-27,31H,4,6-8,10-14,18-19H2,1-3,5H3/b20-9+,23-15-,24-16+/t21-,26?,27?,28?/m0/s1. The molecular weight excluding hydrogens is 383 g/mol. The number of alkyl halides is 1. The number of hydrogen-bond donors (Lipinski definition) is 1. The van der Waals surface area contributed by atoms with Crippen LogP contribution in [0.2, 0.25) is 0 Å². The summed E-state index contributed by atoms with van der Waals surface area (Å²) in [6.07, 6.45) is 20.1. The van der Waals surface area contributed by atoms with Gasteiger partial charge in [0.05, 0.1) is 5.60 Å². The minimum atomic E-state index is -0.859. The van der Waals surface area contributed by atoms with Crippen LogP contribution in [0.4, 0.5) is 4.39 Å². The Morgan fingerprint density at radius 1 is 1.26 bits per heavy atom. The van der Waals surface area contributed by atoms with E-state index in [4.69, 9.17) is 0 Å². The van der Waals surface area contributed by atoms with E-state index in [2.05, 4.69) is 44.7 Å². The fraction of sp³-hybridized carbons (Fsp3) is 0.655. The van der Waals surface area contributed by atoms with E-state index in [-0.39, 0.29) is 5.41 Å². The molecule has 1 N–H and O–H groups in total. The van der Waals surface area contributed by atoms with Crippen LogP contribution in [0.15, 0.2) is 59.3 Å². The molecule has 3 rings (SSSR count). The Bertz CT molecular complexity index is 779. The van der Waals surface area contributed by atoms with Gasteiger partial charge >= 0.3 is 0 Å². The van der Waals surface area contributed by atoms with E-state index in [0.717, 1.165) is 50.5 Å². The topological polar surface area (TPSA) is 20.2 Å². The van der Waals surface area contributed by atoms with Crippen molar-refractivity contribution in [3.05, 3.63) is 59.3 Å². The van der Waals surface area contributed by atoms with Crippen LogP contribution in [0.5, 0.6) is 0 Å². The lowest BCUT2D eigenvalue weighted by Gasteiger charge is -2.42. The second kappa shape index (κ2) is 10.0. The summed E-state index contributed by atoms with van der Waals surface area (Å²) in [6.45, 7) is 12.9. The van der Waals surface area contributed by atoms with Gasteiger partial charge in [-0.2, -0.15) is 0 Å². The average molecular weight is 427 g/mol. The van der Waals surface area contributed by atoms with E-state index in [0.29, 0.717) is 23.8 Å². The van der Waals surface area contributed by atoms with Crippen LogP contribution in [0, 0.1) is 17.3 Å². The van der Waals surface area contributed by atoms with Gasteiger partial charge in [-0.15, -0.1) is 0 Å². The molecule has 0 amide bonds. The number of allylic oxidation sites excluding steroid dienone is 8. The zero-order valence-electron chi connectivity index (χ0n) is 20.2. The number of rotatable bonds is 7. The van der Waals surface area contributed by atoms with E-state index in [1.54, 1.807) is 5.57 Å². The van der Waals surface area contributed by atoms with Crippen molar-refractivity contribution in [1.82, 2.24) is 0 Å². The van der Waals surface area contributed by atoms with Crippen LogP contribution in [0.25, 0.3) is 0 Å². The zero-order valence-corrected chi connectivity index (χ0v) is 20.2. The third kappa shape index (κ3) is 5.16. The Balaban J connectivity index is 1.71. The van der Waals surface area contributed by atoms with Crippen molar-refractivity contribution in [3.63, 3.8) is 0 Å². The third-order valence-corrected chi connectivity index (χ3v) is 8.48. The van der Waals surface area contributed by atoms with Crippen LogP contribution in [-0.4, -0.2) is 16.9 Å². The Hall–Kier alpha value is -1.41. The monoisotopic (exact) mass is 426 g/mol. The van der Waals surface area contributed by atoms with Crippen LogP contribution < -0.4 is 0 Å². The summed E-state index contributed by atoms with van der Waals surface area (Å²) in [7, 11) is 0. The average Bonchev–Trinajstić information content (AvgIpc) is 3.12. The first kappa shape index (κ1) is 24.2. The van der Waals surface area contributed by atoms with Crippen molar-refractivity contribution in [2.75, 3.05) is 0 Å². The van der Waals surface area contributed by atoms with E-state index in [1.807, 2.05) is 19.9 Å². The maximum absolute atomic E-state index is 14.0. The van der Waals surface area contributed by atoms with Gasteiger partial charge in [0.1, 0.15) is 6.17 Å². The molecule has 2 saturated carbocycles. The van der Waals surface area contributed by atoms with Gasteiger partial charge in [-0.3, -0.25) is 0 Å². The van der Waals surface area contributed by atoms with Gasteiger partial charge in [0.15, 0.2) is 0 Å². The minimum absolute atomic E-state index is 0.230. The van der Waals surface area contributed by atoms with E-state index >= 15 is 0 Å². The molecule has 2 fully saturated rings. The molecule has 1 nitrogen and oxygen atoms in total. The van der Waals surface area contributed by atoms with E-state index in [9.17, 15) is 9.50 Å². The lowest BCUT2D eigenvalue weighted by atomic mass is 9.62. The van der Waals surface area contributed by atoms with E-state index in [1.165, 1.54) is 18.4 Å². The van der Waals surface area contributed by atoms with Gasteiger partial charge in [-0.25, -0.2) is 4.39 Å². The summed E-state index contributed by atoms with van der Waals surface area (Å²) in [5.41, 5.74) is 4.52. The fourth-order valence-electron chi connectivity index (χ4n) is 6.13. The minimum Gasteiger partial charge on any atom is -0.386 e. The molecule has 0 radical (unpaired) electrons. The largest absolute Gasteiger partial charge is 0.386 e. The fourth-order valence-corrected chi connectivity index (χ4v) is 6.13. The molecule has 0 aromatic carbocycles. The van der Waals surface area contributed by atoms with Crippen molar-refractivity contribution in [3.8, 4) is 0 Å². The van der Waals surface area contributed by atoms with Gasteiger partial charge in [-0.1, -0.05) is 75.8 Å².